The molecule has 1 aromatic carbocycles. The van der Waals surface area contributed by atoms with Crippen LogP contribution in [0.4, 0.5) is 4.39 Å². The first-order valence-electron chi connectivity index (χ1n) is 7.05. The van der Waals surface area contributed by atoms with Gasteiger partial charge in [-0.15, -0.1) is 5.10 Å². The van der Waals surface area contributed by atoms with Crippen molar-refractivity contribution in [2.24, 2.45) is 0 Å². The van der Waals surface area contributed by atoms with E-state index in [0.29, 0.717) is 5.56 Å². The summed E-state index contributed by atoms with van der Waals surface area (Å²) in [5, 5.41) is 11.6. The molecule has 0 aliphatic heterocycles. The number of hydrogen-bond donors (Lipinski definition) is 1. The molecule has 5 heteroatoms. The molecule has 0 spiro atoms. The highest BCUT2D eigenvalue weighted by atomic mass is 19.1. The number of halogens is 1. The highest BCUT2D eigenvalue weighted by Crippen LogP contribution is 2.23. The van der Waals surface area contributed by atoms with Gasteiger partial charge >= 0.3 is 0 Å². The molecule has 2 aromatic rings. The van der Waals surface area contributed by atoms with Gasteiger partial charge in [0.05, 0.1) is 17.9 Å². The quantitative estimate of drug-likeness (QED) is 0.882. The standard InChI is InChI=1S/C15H21FN4/c1-4-8-20-14(10-18-19-20)15(17-5-2)12-6-7-13(16)11(3)9-12/h6-7,9-10,15,17H,4-5,8H2,1-3H3. The number of hydrogen-bond acceptors (Lipinski definition) is 3. The van der Waals surface area contributed by atoms with Crippen LogP contribution in [0.2, 0.25) is 0 Å². The van der Waals surface area contributed by atoms with Crippen LogP contribution in [0.15, 0.2) is 24.4 Å². The van der Waals surface area contributed by atoms with E-state index < -0.39 is 0 Å². The zero-order valence-electron chi connectivity index (χ0n) is 12.2. The van der Waals surface area contributed by atoms with Crippen LogP contribution < -0.4 is 5.32 Å². The third-order valence-electron chi connectivity index (χ3n) is 3.30. The molecule has 1 heterocycles. The Balaban J connectivity index is 2.39. The van der Waals surface area contributed by atoms with Gasteiger partial charge in [-0.05, 0) is 37.1 Å². The lowest BCUT2D eigenvalue weighted by molar-refractivity contribution is 0.511. The van der Waals surface area contributed by atoms with Gasteiger partial charge in [0, 0.05) is 6.54 Å². The highest BCUT2D eigenvalue weighted by molar-refractivity contribution is 5.31. The summed E-state index contributed by atoms with van der Waals surface area (Å²) in [5.74, 6) is -0.177. The molecule has 1 aromatic heterocycles. The molecule has 0 saturated heterocycles. The van der Waals surface area contributed by atoms with Crippen molar-refractivity contribution in [3.63, 3.8) is 0 Å². The van der Waals surface area contributed by atoms with Crippen molar-refractivity contribution in [2.75, 3.05) is 6.54 Å². The summed E-state index contributed by atoms with van der Waals surface area (Å²) in [6.07, 6.45) is 2.78. The Morgan fingerprint density at radius 3 is 2.80 bits per heavy atom. The van der Waals surface area contributed by atoms with Crippen LogP contribution in [0.25, 0.3) is 0 Å². The van der Waals surface area contributed by atoms with Crippen molar-refractivity contribution in [3.8, 4) is 0 Å². The summed E-state index contributed by atoms with van der Waals surface area (Å²) in [5.41, 5.74) is 2.70. The fourth-order valence-corrected chi connectivity index (χ4v) is 2.32. The summed E-state index contributed by atoms with van der Waals surface area (Å²) in [7, 11) is 0. The Hall–Kier alpha value is -1.75. The Labute approximate surface area is 119 Å². The maximum Gasteiger partial charge on any atom is 0.126 e. The first-order chi connectivity index (χ1) is 9.67. The van der Waals surface area contributed by atoms with E-state index in [1.807, 2.05) is 16.8 Å². The summed E-state index contributed by atoms with van der Waals surface area (Å²) < 4.78 is 15.3. The Bertz CT molecular complexity index is 565. The molecule has 0 aliphatic carbocycles. The predicted octanol–water partition coefficient (Wildman–Crippen LogP) is 2.83. The van der Waals surface area contributed by atoms with E-state index in [4.69, 9.17) is 0 Å². The van der Waals surface area contributed by atoms with Crippen LogP contribution >= 0.6 is 0 Å². The first-order valence-corrected chi connectivity index (χ1v) is 7.05. The van der Waals surface area contributed by atoms with Crippen molar-refractivity contribution in [3.05, 3.63) is 47.0 Å². The molecule has 1 atom stereocenters. The van der Waals surface area contributed by atoms with E-state index in [1.165, 1.54) is 6.07 Å². The Morgan fingerprint density at radius 2 is 2.15 bits per heavy atom. The van der Waals surface area contributed by atoms with Crippen molar-refractivity contribution in [2.45, 2.75) is 39.8 Å². The first kappa shape index (κ1) is 14.7. The SMILES string of the molecule is CCCn1nncc1C(NCC)c1ccc(F)c(C)c1. The van der Waals surface area contributed by atoms with Crippen LogP contribution in [0.5, 0.6) is 0 Å². The number of nitrogens with zero attached hydrogens (tertiary/aromatic N) is 3. The fraction of sp³-hybridized carbons (Fsp3) is 0.467. The number of aryl methyl sites for hydroxylation is 2. The normalized spacial score (nSPS) is 12.6. The number of benzene rings is 1. The smallest absolute Gasteiger partial charge is 0.126 e. The van der Waals surface area contributed by atoms with Crippen molar-refractivity contribution >= 4 is 0 Å². The molecule has 0 bridgehead atoms. The molecule has 0 radical (unpaired) electrons. The minimum Gasteiger partial charge on any atom is -0.305 e. The van der Waals surface area contributed by atoms with Crippen molar-refractivity contribution < 1.29 is 4.39 Å². The Morgan fingerprint density at radius 1 is 1.35 bits per heavy atom. The minimum atomic E-state index is -0.177. The van der Waals surface area contributed by atoms with Crippen LogP contribution in [-0.2, 0) is 6.54 Å². The molecule has 0 saturated carbocycles. The van der Waals surface area contributed by atoms with E-state index in [2.05, 4.69) is 29.5 Å². The average molecular weight is 276 g/mol. The van der Waals surface area contributed by atoms with Crippen LogP contribution in [-0.4, -0.2) is 21.5 Å². The maximum atomic E-state index is 13.4. The van der Waals surface area contributed by atoms with Gasteiger partial charge in [0.25, 0.3) is 0 Å². The lowest BCUT2D eigenvalue weighted by Gasteiger charge is -2.19. The van der Waals surface area contributed by atoms with E-state index in [-0.39, 0.29) is 11.9 Å². The second-order valence-electron chi connectivity index (χ2n) is 4.88. The van der Waals surface area contributed by atoms with Gasteiger partial charge in [-0.2, -0.15) is 0 Å². The second kappa shape index (κ2) is 6.61. The molecule has 1 unspecified atom stereocenters. The average Bonchev–Trinajstić information content (AvgIpc) is 2.88. The zero-order chi connectivity index (χ0) is 14.5. The van der Waals surface area contributed by atoms with Gasteiger partial charge in [-0.1, -0.05) is 31.2 Å². The molecule has 0 fully saturated rings. The monoisotopic (exact) mass is 276 g/mol. The topological polar surface area (TPSA) is 42.7 Å². The third-order valence-corrected chi connectivity index (χ3v) is 3.30. The predicted molar refractivity (Wildman–Crippen MR) is 77.0 cm³/mol. The molecule has 4 nitrogen and oxygen atoms in total. The fourth-order valence-electron chi connectivity index (χ4n) is 2.32. The van der Waals surface area contributed by atoms with Crippen LogP contribution in [0, 0.1) is 12.7 Å². The molecule has 108 valence electrons. The number of rotatable bonds is 6. The van der Waals surface area contributed by atoms with E-state index >= 15 is 0 Å². The maximum absolute atomic E-state index is 13.4. The summed E-state index contributed by atoms with van der Waals surface area (Å²) in [4.78, 5) is 0. The molecule has 20 heavy (non-hydrogen) atoms. The van der Waals surface area contributed by atoms with Gasteiger partial charge in [-0.3, -0.25) is 0 Å². The van der Waals surface area contributed by atoms with E-state index in [1.54, 1.807) is 13.1 Å². The summed E-state index contributed by atoms with van der Waals surface area (Å²) in [6.45, 7) is 7.59. The highest BCUT2D eigenvalue weighted by Gasteiger charge is 2.18. The molecule has 1 N–H and O–H groups in total. The van der Waals surface area contributed by atoms with E-state index in [9.17, 15) is 4.39 Å². The minimum absolute atomic E-state index is 0.0131. The van der Waals surface area contributed by atoms with Crippen molar-refractivity contribution in [1.82, 2.24) is 20.3 Å². The zero-order valence-corrected chi connectivity index (χ0v) is 12.2. The molecule has 2 rings (SSSR count). The molecule has 0 aliphatic rings. The lowest BCUT2D eigenvalue weighted by Crippen LogP contribution is -2.25. The largest absolute Gasteiger partial charge is 0.305 e. The lowest BCUT2D eigenvalue weighted by atomic mass is 10.0. The van der Waals surface area contributed by atoms with Gasteiger partial charge in [0.1, 0.15) is 5.82 Å². The van der Waals surface area contributed by atoms with Gasteiger partial charge in [0.15, 0.2) is 0 Å². The van der Waals surface area contributed by atoms with Crippen LogP contribution in [0.1, 0.15) is 43.1 Å². The second-order valence-corrected chi connectivity index (χ2v) is 4.88. The van der Waals surface area contributed by atoms with Gasteiger partial charge < -0.3 is 5.32 Å². The van der Waals surface area contributed by atoms with Gasteiger partial charge in [0.2, 0.25) is 0 Å². The molecule has 0 amide bonds. The summed E-state index contributed by atoms with van der Waals surface area (Å²) >= 11 is 0. The molecular formula is C15H21FN4. The van der Waals surface area contributed by atoms with E-state index in [0.717, 1.165) is 30.8 Å². The Kier molecular flexibility index (Phi) is 4.84. The number of nitrogens with one attached hydrogen (secondary N) is 1. The third kappa shape index (κ3) is 3.04. The van der Waals surface area contributed by atoms with Crippen molar-refractivity contribution in [1.29, 1.82) is 0 Å². The van der Waals surface area contributed by atoms with Gasteiger partial charge in [-0.25, -0.2) is 9.07 Å². The number of aromatic nitrogens is 3. The molecular weight excluding hydrogens is 255 g/mol. The van der Waals surface area contributed by atoms with Crippen LogP contribution in [0.3, 0.4) is 0 Å². The summed E-state index contributed by atoms with van der Waals surface area (Å²) in [6, 6.07) is 5.20.